The first kappa shape index (κ1) is 19.1. The van der Waals surface area contributed by atoms with Gasteiger partial charge in [0.15, 0.2) is 0 Å². The lowest BCUT2D eigenvalue weighted by Gasteiger charge is -2.31. The minimum Gasteiger partial charge on any atom is -0.326 e. The number of benzene rings is 1. The zero-order valence-electron chi connectivity index (χ0n) is 16.0. The molecule has 3 nitrogen and oxygen atoms in total. The van der Waals surface area contributed by atoms with Crippen LogP contribution in [0.3, 0.4) is 0 Å². The van der Waals surface area contributed by atoms with E-state index in [1.807, 2.05) is 29.6 Å². The molecule has 0 spiro atoms. The number of thiophene rings is 1. The first-order valence-electron chi connectivity index (χ1n) is 9.89. The fraction of sp³-hybridized carbons (Fsp3) is 0.500. The van der Waals surface area contributed by atoms with Crippen molar-refractivity contribution in [3.05, 3.63) is 41.3 Å². The number of amides is 1. The highest BCUT2D eigenvalue weighted by Gasteiger charge is 2.22. The second-order valence-corrected chi connectivity index (χ2v) is 8.06. The molecule has 1 aromatic carbocycles. The van der Waals surface area contributed by atoms with Crippen molar-refractivity contribution in [3.8, 4) is 0 Å². The van der Waals surface area contributed by atoms with E-state index in [1.54, 1.807) is 0 Å². The van der Waals surface area contributed by atoms with E-state index in [0.29, 0.717) is 12.3 Å². The number of carbonyl (C=O) groups is 1. The van der Waals surface area contributed by atoms with Crippen LogP contribution in [0.2, 0.25) is 0 Å². The summed E-state index contributed by atoms with van der Waals surface area (Å²) in [4.78, 5) is 14.7. The number of fused-ring (bicyclic) bond motifs is 1. The molecule has 0 bridgehead atoms. The molecule has 26 heavy (non-hydrogen) atoms. The summed E-state index contributed by atoms with van der Waals surface area (Å²) in [5.74, 6) is 0.703. The summed E-state index contributed by atoms with van der Waals surface area (Å²) in [5.41, 5.74) is 2.39. The van der Waals surface area contributed by atoms with Crippen LogP contribution in [-0.2, 0) is 4.79 Å². The van der Waals surface area contributed by atoms with Crippen LogP contribution in [0, 0.1) is 0 Å². The number of nitrogens with zero attached hydrogens (tertiary/aromatic N) is 1. The normalized spacial score (nSPS) is 16.5. The van der Waals surface area contributed by atoms with Gasteiger partial charge in [-0.15, -0.1) is 11.3 Å². The fourth-order valence-electron chi connectivity index (χ4n) is 3.80. The lowest BCUT2D eigenvalue weighted by atomic mass is 9.89. The standard InChI is InChI=1S/C22H30N2OS/c1-3-5-6-7-22(25)23-18-8-9-21-19(15-18)20(16-26-21)17-10-13-24(12-4-2)14-11-17/h5-6,8-9,15-17H,3-4,7,10-14H2,1-2H3,(H,23,25). The minimum absolute atomic E-state index is 0.0544. The van der Waals surface area contributed by atoms with E-state index >= 15 is 0 Å². The number of hydrogen-bond donors (Lipinski definition) is 1. The van der Waals surface area contributed by atoms with Crippen LogP contribution >= 0.6 is 11.3 Å². The van der Waals surface area contributed by atoms with Gasteiger partial charge in [-0.3, -0.25) is 4.79 Å². The molecule has 4 heteroatoms. The number of nitrogens with one attached hydrogen (secondary N) is 1. The minimum atomic E-state index is 0.0544. The van der Waals surface area contributed by atoms with Crippen molar-refractivity contribution in [2.75, 3.05) is 25.0 Å². The molecule has 2 aromatic rings. The molecule has 2 heterocycles. The lowest BCUT2D eigenvalue weighted by Crippen LogP contribution is -2.33. The Morgan fingerprint density at radius 1 is 1.27 bits per heavy atom. The van der Waals surface area contributed by atoms with Gasteiger partial charge in [0.25, 0.3) is 0 Å². The van der Waals surface area contributed by atoms with Crippen LogP contribution < -0.4 is 5.32 Å². The van der Waals surface area contributed by atoms with Crippen molar-refractivity contribution >= 4 is 33.0 Å². The van der Waals surface area contributed by atoms with Gasteiger partial charge in [-0.1, -0.05) is 26.0 Å². The fourth-order valence-corrected chi connectivity index (χ4v) is 4.82. The van der Waals surface area contributed by atoms with Gasteiger partial charge in [0, 0.05) is 16.8 Å². The zero-order chi connectivity index (χ0) is 18.4. The van der Waals surface area contributed by atoms with Gasteiger partial charge in [0.05, 0.1) is 0 Å². The molecule has 1 aliphatic heterocycles. The molecule has 0 saturated carbocycles. The average molecular weight is 371 g/mol. The summed E-state index contributed by atoms with van der Waals surface area (Å²) in [6.45, 7) is 7.96. The van der Waals surface area contributed by atoms with Crippen molar-refractivity contribution in [2.45, 2.75) is 51.9 Å². The van der Waals surface area contributed by atoms with Gasteiger partial charge in [-0.2, -0.15) is 0 Å². The Balaban J connectivity index is 1.70. The maximum atomic E-state index is 12.1. The van der Waals surface area contributed by atoms with Crippen LogP contribution in [0.5, 0.6) is 0 Å². The predicted molar refractivity (Wildman–Crippen MR) is 113 cm³/mol. The molecule has 1 amide bonds. The van der Waals surface area contributed by atoms with E-state index < -0.39 is 0 Å². The third kappa shape index (κ3) is 4.74. The first-order chi connectivity index (χ1) is 12.7. The van der Waals surface area contributed by atoms with Gasteiger partial charge in [-0.25, -0.2) is 0 Å². The Morgan fingerprint density at radius 3 is 2.81 bits per heavy atom. The molecular formula is C22H30N2OS. The quantitative estimate of drug-likeness (QED) is 0.626. The Bertz CT molecular complexity index is 757. The topological polar surface area (TPSA) is 32.3 Å². The number of allylic oxidation sites excluding steroid dienone is 1. The van der Waals surface area contributed by atoms with Gasteiger partial charge in [-0.05, 0) is 85.8 Å². The molecule has 0 atom stereocenters. The summed E-state index contributed by atoms with van der Waals surface area (Å²) in [6, 6.07) is 6.34. The summed E-state index contributed by atoms with van der Waals surface area (Å²) in [6.07, 6.45) is 9.10. The van der Waals surface area contributed by atoms with E-state index in [0.717, 1.165) is 12.1 Å². The van der Waals surface area contributed by atoms with Gasteiger partial charge in [0.2, 0.25) is 5.91 Å². The molecule has 1 aromatic heterocycles. The molecule has 3 rings (SSSR count). The zero-order valence-corrected chi connectivity index (χ0v) is 16.8. The van der Waals surface area contributed by atoms with E-state index in [-0.39, 0.29) is 5.91 Å². The second kappa shape index (κ2) is 9.33. The highest BCUT2D eigenvalue weighted by Crippen LogP contribution is 2.37. The van der Waals surface area contributed by atoms with Crippen LogP contribution in [-0.4, -0.2) is 30.4 Å². The van der Waals surface area contributed by atoms with Crippen LogP contribution in [0.4, 0.5) is 5.69 Å². The number of likely N-dealkylation sites (tertiary alicyclic amines) is 1. The average Bonchev–Trinajstić information content (AvgIpc) is 3.06. The molecule has 0 radical (unpaired) electrons. The smallest absolute Gasteiger partial charge is 0.228 e. The summed E-state index contributed by atoms with van der Waals surface area (Å²) in [7, 11) is 0. The SMILES string of the molecule is CCC=CCC(=O)Nc1ccc2scc(C3CCN(CCC)CC3)c2c1. The molecule has 1 N–H and O–H groups in total. The molecule has 0 unspecified atom stereocenters. The predicted octanol–water partition coefficient (Wildman–Crippen LogP) is 5.79. The summed E-state index contributed by atoms with van der Waals surface area (Å²) >= 11 is 1.83. The molecule has 0 aliphatic carbocycles. The van der Waals surface area contributed by atoms with E-state index in [4.69, 9.17) is 0 Å². The molecular weight excluding hydrogens is 340 g/mol. The van der Waals surface area contributed by atoms with Crippen molar-refractivity contribution < 1.29 is 4.79 Å². The molecule has 140 valence electrons. The highest BCUT2D eigenvalue weighted by molar-refractivity contribution is 7.17. The first-order valence-corrected chi connectivity index (χ1v) is 10.8. The monoisotopic (exact) mass is 370 g/mol. The highest BCUT2D eigenvalue weighted by atomic mass is 32.1. The van der Waals surface area contributed by atoms with E-state index in [9.17, 15) is 4.79 Å². The molecule has 1 fully saturated rings. The van der Waals surface area contributed by atoms with Gasteiger partial charge >= 0.3 is 0 Å². The maximum Gasteiger partial charge on any atom is 0.228 e. The van der Waals surface area contributed by atoms with E-state index in [1.165, 1.54) is 54.5 Å². The van der Waals surface area contributed by atoms with Crippen LogP contribution in [0.15, 0.2) is 35.7 Å². The molecule has 1 aliphatic rings. The van der Waals surface area contributed by atoms with Crippen LogP contribution in [0.25, 0.3) is 10.1 Å². The summed E-state index contributed by atoms with van der Waals surface area (Å²) < 4.78 is 1.32. The van der Waals surface area contributed by atoms with Crippen molar-refractivity contribution in [3.63, 3.8) is 0 Å². The van der Waals surface area contributed by atoms with Gasteiger partial charge < -0.3 is 10.2 Å². The Kier molecular flexibility index (Phi) is 6.86. The Labute approximate surface area is 161 Å². The number of hydrogen-bond acceptors (Lipinski definition) is 3. The lowest BCUT2D eigenvalue weighted by molar-refractivity contribution is -0.115. The maximum absolute atomic E-state index is 12.1. The van der Waals surface area contributed by atoms with Gasteiger partial charge in [0.1, 0.15) is 0 Å². The second-order valence-electron chi connectivity index (χ2n) is 7.15. The van der Waals surface area contributed by atoms with Crippen LogP contribution in [0.1, 0.15) is 57.4 Å². The Hall–Kier alpha value is -1.65. The summed E-state index contributed by atoms with van der Waals surface area (Å²) in [5, 5.41) is 6.70. The third-order valence-electron chi connectivity index (χ3n) is 5.16. The largest absolute Gasteiger partial charge is 0.326 e. The third-order valence-corrected chi connectivity index (χ3v) is 6.14. The number of rotatable bonds is 7. The van der Waals surface area contributed by atoms with Crippen molar-refractivity contribution in [1.82, 2.24) is 4.90 Å². The van der Waals surface area contributed by atoms with E-state index in [2.05, 4.69) is 41.6 Å². The Morgan fingerprint density at radius 2 is 2.08 bits per heavy atom. The van der Waals surface area contributed by atoms with Crippen molar-refractivity contribution in [2.24, 2.45) is 0 Å². The number of piperidine rings is 1. The van der Waals surface area contributed by atoms with Crippen molar-refractivity contribution in [1.29, 1.82) is 0 Å². The number of carbonyl (C=O) groups excluding carboxylic acids is 1. The molecule has 1 saturated heterocycles. The number of anilines is 1.